The van der Waals surface area contributed by atoms with Crippen molar-refractivity contribution in [3.05, 3.63) is 48.4 Å². The third kappa shape index (κ3) is 5.28. The fourth-order valence-corrected chi connectivity index (χ4v) is 3.16. The molecule has 1 fully saturated rings. The zero-order chi connectivity index (χ0) is 20.8. The van der Waals surface area contributed by atoms with Gasteiger partial charge < -0.3 is 15.5 Å². The number of allylic oxidation sites excluding steroid dienone is 1. The van der Waals surface area contributed by atoms with Crippen LogP contribution >= 0.6 is 0 Å². The van der Waals surface area contributed by atoms with Gasteiger partial charge in [-0.15, -0.1) is 5.10 Å². The van der Waals surface area contributed by atoms with Crippen molar-refractivity contribution in [3.63, 3.8) is 0 Å². The monoisotopic (exact) mass is 395 g/mol. The van der Waals surface area contributed by atoms with E-state index in [1.807, 2.05) is 12.2 Å². The summed E-state index contributed by atoms with van der Waals surface area (Å²) in [7, 11) is 1.65. The fraction of sp³-hybridized carbons (Fsp3) is 0.350. The van der Waals surface area contributed by atoms with Gasteiger partial charge in [0, 0.05) is 44.9 Å². The Labute approximate surface area is 169 Å². The van der Waals surface area contributed by atoms with Gasteiger partial charge >= 0.3 is 0 Å². The molecule has 29 heavy (non-hydrogen) atoms. The second-order valence-electron chi connectivity index (χ2n) is 6.84. The zero-order valence-electron chi connectivity index (χ0n) is 16.6. The fourth-order valence-electron chi connectivity index (χ4n) is 3.16. The molecule has 2 amide bonds. The Morgan fingerprint density at radius 3 is 2.90 bits per heavy atom. The van der Waals surface area contributed by atoms with Crippen molar-refractivity contribution in [1.29, 1.82) is 0 Å². The lowest BCUT2D eigenvalue weighted by Crippen LogP contribution is -2.39. The summed E-state index contributed by atoms with van der Waals surface area (Å²) in [4.78, 5) is 33.9. The van der Waals surface area contributed by atoms with Gasteiger partial charge in [-0.25, -0.2) is 5.01 Å². The van der Waals surface area contributed by atoms with Gasteiger partial charge in [0.25, 0.3) is 5.91 Å². The van der Waals surface area contributed by atoms with Crippen LogP contribution in [0.4, 0.5) is 0 Å². The van der Waals surface area contributed by atoms with Crippen LogP contribution in [0.2, 0.25) is 0 Å². The smallest absolute Gasteiger partial charge is 0.254 e. The molecule has 9 heteroatoms. The van der Waals surface area contributed by atoms with Crippen molar-refractivity contribution >= 4 is 29.7 Å². The highest BCUT2D eigenvalue weighted by Gasteiger charge is 2.27. The minimum absolute atomic E-state index is 0.0230. The van der Waals surface area contributed by atoms with Gasteiger partial charge in [0.1, 0.15) is 11.7 Å². The van der Waals surface area contributed by atoms with Gasteiger partial charge in [-0.05, 0) is 30.7 Å². The molecule has 152 valence electrons. The Morgan fingerprint density at radius 1 is 1.34 bits per heavy atom. The number of amidine groups is 2. The molecule has 0 aliphatic carbocycles. The standard InChI is InChI=1S/C20H25N7O2/c1-14(5-4-9-21-3)20(29)24-17-11-22-18-6-7-19(25-27(18)13-17)26-10-8-16(12-26)23-15(2)28/h4-7,9,13,16H,1,8,10-12H2,2-3H3,(H,23,28)(H,24,29)/b5-4-,21-9?/t16-/m1/s1. The minimum Gasteiger partial charge on any atom is -0.353 e. The van der Waals surface area contributed by atoms with Gasteiger partial charge in [0.2, 0.25) is 5.91 Å². The number of nitrogens with one attached hydrogen (secondary N) is 2. The van der Waals surface area contributed by atoms with Crippen LogP contribution in [0.1, 0.15) is 13.3 Å². The number of hydrogen-bond acceptors (Lipinski definition) is 7. The predicted molar refractivity (Wildman–Crippen MR) is 113 cm³/mol. The zero-order valence-corrected chi connectivity index (χ0v) is 16.6. The normalized spacial score (nSPS) is 21.0. The number of amides is 2. The summed E-state index contributed by atoms with van der Waals surface area (Å²) in [5.41, 5.74) is 0.956. The van der Waals surface area contributed by atoms with E-state index in [2.05, 4.69) is 37.2 Å². The van der Waals surface area contributed by atoms with Crippen molar-refractivity contribution < 1.29 is 9.59 Å². The Morgan fingerprint density at radius 2 is 2.14 bits per heavy atom. The molecule has 2 N–H and O–H groups in total. The van der Waals surface area contributed by atoms with E-state index in [1.165, 1.54) is 6.92 Å². The molecule has 3 aliphatic rings. The number of hydrazone groups is 1. The molecule has 0 saturated carbocycles. The molecular weight excluding hydrogens is 370 g/mol. The van der Waals surface area contributed by atoms with Crippen LogP contribution in [-0.2, 0) is 9.59 Å². The van der Waals surface area contributed by atoms with Crippen molar-refractivity contribution in [2.45, 2.75) is 19.4 Å². The maximum atomic E-state index is 12.3. The van der Waals surface area contributed by atoms with E-state index in [-0.39, 0.29) is 17.9 Å². The molecule has 1 atom stereocenters. The number of carbonyl (C=O) groups excluding carboxylic acids is 2. The first-order valence-electron chi connectivity index (χ1n) is 9.38. The van der Waals surface area contributed by atoms with Crippen molar-refractivity contribution in [3.8, 4) is 0 Å². The van der Waals surface area contributed by atoms with Crippen LogP contribution in [0, 0.1) is 0 Å². The van der Waals surface area contributed by atoms with Gasteiger partial charge in [-0.2, -0.15) is 0 Å². The first-order valence-corrected chi connectivity index (χ1v) is 9.38. The summed E-state index contributed by atoms with van der Waals surface area (Å²) in [6.45, 7) is 7.16. The molecule has 3 rings (SSSR count). The summed E-state index contributed by atoms with van der Waals surface area (Å²) in [6.07, 6.45) is 11.3. The Bertz CT molecular complexity index is 879. The van der Waals surface area contributed by atoms with E-state index in [4.69, 9.17) is 0 Å². The van der Waals surface area contributed by atoms with Crippen LogP contribution in [0.15, 0.2) is 63.4 Å². The topological polar surface area (TPSA) is 102 Å². The second kappa shape index (κ2) is 9.13. The summed E-state index contributed by atoms with van der Waals surface area (Å²) < 4.78 is 0. The van der Waals surface area contributed by atoms with Crippen molar-refractivity contribution in [2.75, 3.05) is 26.7 Å². The number of likely N-dealkylation sites (tertiary alicyclic amines) is 1. The van der Waals surface area contributed by atoms with Gasteiger partial charge in [0.15, 0.2) is 0 Å². The maximum absolute atomic E-state index is 12.3. The van der Waals surface area contributed by atoms with Crippen LogP contribution in [0.3, 0.4) is 0 Å². The minimum atomic E-state index is -0.301. The number of rotatable bonds is 5. The van der Waals surface area contributed by atoms with Crippen LogP contribution < -0.4 is 10.6 Å². The highest BCUT2D eigenvalue weighted by Crippen LogP contribution is 2.17. The lowest BCUT2D eigenvalue weighted by atomic mass is 10.2. The summed E-state index contributed by atoms with van der Waals surface area (Å²) >= 11 is 0. The Balaban J connectivity index is 1.63. The lowest BCUT2D eigenvalue weighted by molar-refractivity contribution is -0.119. The van der Waals surface area contributed by atoms with Crippen molar-refractivity contribution in [1.82, 2.24) is 20.5 Å². The molecule has 3 heterocycles. The van der Waals surface area contributed by atoms with Gasteiger partial charge in [-0.1, -0.05) is 6.58 Å². The van der Waals surface area contributed by atoms with Crippen LogP contribution in [-0.4, -0.2) is 72.3 Å². The number of hydrogen-bond donors (Lipinski definition) is 2. The van der Waals surface area contributed by atoms with E-state index in [0.29, 0.717) is 30.2 Å². The molecule has 0 aromatic carbocycles. The highest BCUT2D eigenvalue weighted by atomic mass is 16.2. The summed E-state index contributed by atoms with van der Waals surface area (Å²) in [5.74, 6) is 1.18. The van der Waals surface area contributed by atoms with Crippen LogP contribution in [0.25, 0.3) is 0 Å². The summed E-state index contributed by atoms with van der Waals surface area (Å²) in [5, 5.41) is 12.0. The molecule has 0 unspecified atom stereocenters. The SMILES string of the molecule is C=C(/C=C\C=NC)C(=O)NC1=CN2N=C(N3CC[C@@H](NC(C)=O)C3)C=CC2=NC1. The third-order valence-corrected chi connectivity index (χ3v) is 4.53. The molecule has 0 radical (unpaired) electrons. The molecule has 3 aliphatic heterocycles. The van der Waals surface area contributed by atoms with Crippen LogP contribution in [0.5, 0.6) is 0 Å². The average Bonchev–Trinajstić information content (AvgIpc) is 3.15. The molecule has 0 bridgehead atoms. The first-order chi connectivity index (χ1) is 14.0. The molecule has 1 saturated heterocycles. The van der Waals surface area contributed by atoms with E-state index in [0.717, 1.165) is 18.8 Å². The third-order valence-electron chi connectivity index (χ3n) is 4.53. The molecule has 9 nitrogen and oxygen atoms in total. The first kappa shape index (κ1) is 20.2. The molecule has 0 aromatic rings. The van der Waals surface area contributed by atoms with E-state index in [9.17, 15) is 9.59 Å². The molecule has 0 spiro atoms. The quantitative estimate of drug-likeness (QED) is 0.404. The van der Waals surface area contributed by atoms with E-state index < -0.39 is 0 Å². The maximum Gasteiger partial charge on any atom is 0.254 e. The Kier molecular flexibility index (Phi) is 6.38. The molecular formula is C20H25N7O2. The number of carbonyl (C=O) groups is 2. The number of fused-ring (bicyclic) bond motifs is 1. The van der Waals surface area contributed by atoms with Crippen molar-refractivity contribution in [2.24, 2.45) is 15.1 Å². The molecule has 0 aromatic heterocycles. The Hall–Kier alpha value is -3.49. The number of aliphatic imine (C=N–C) groups is 2. The predicted octanol–water partition coefficient (Wildman–Crippen LogP) is 0.565. The average molecular weight is 395 g/mol. The lowest BCUT2D eigenvalue weighted by Gasteiger charge is -2.28. The van der Waals surface area contributed by atoms with E-state index >= 15 is 0 Å². The van der Waals surface area contributed by atoms with Gasteiger partial charge in [0.05, 0.1) is 18.4 Å². The summed E-state index contributed by atoms with van der Waals surface area (Å²) in [6, 6.07) is 0.127. The van der Waals surface area contributed by atoms with E-state index in [1.54, 1.807) is 36.6 Å². The van der Waals surface area contributed by atoms with Gasteiger partial charge in [-0.3, -0.25) is 19.6 Å². The largest absolute Gasteiger partial charge is 0.353 e. The second-order valence-corrected chi connectivity index (χ2v) is 6.84. The highest BCUT2D eigenvalue weighted by molar-refractivity contribution is 6.06. The number of nitrogens with zero attached hydrogens (tertiary/aromatic N) is 5.